The highest BCUT2D eigenvalue weighted by molar-refractivity contribution is 7.98. The molecule has 0 atom stereocenters. The second kappa shape index (κ2) is 6.82. The third-order valence-electron chi connectivity index (χ3n) is 3.26. The van der Waals surface area contributed by atoms with Crippen LogP contribution in [0.25, 0.3) is 0 Å². The van der Waals surface area contributed by atoms with Crippen molar-refractivity contribution in [2.45, 2.75) is 37.1 Å². The van der Waals surface area contributed by atoms with E-state index in [0.717, 1.165) is 22.3 Å². The Bertz CT molecular complexity index is 804. The number of rotatable bonds is 5. The van der Waals surface area contributed by atoms with E-state index in [9.17, 15) is 0 Å². The van der Waals surface area contributed by atoms with Crippen LogP contribution in [0.2, 0.25) is 0 Å². The third-order valence-corrected chi connectivity index (χ3v) is 5.04. The molecular weight excluding hydrogens is 340 g/mol. The molecule has 126 valence electrons. The summed E-state index contributed by atoms with van der Waals surface area (Å²) >= 11 is 3.12. The van der Waals surface area contributed by atoms with Gasteiger partial charge in [0.1, 0.15) is 0 Å². The van der Waals surface area contributed by atoms with Crippen LogP contribution in [0, 0.1) is 0 Å². The molecule has 0 aliphatic carbocycles. The summed E-state index contributed by atoms with van der Waals surface area (Å²) in [5.41, 5.74) is 1.89. The van der Waals surface area contributed by atoms with E-state index in [1.54, 1.807) is 16.0 Å². The number of hydrogen-bond donors (Lipinski definition) is 2. The van der Waals surface area contributed by atoms with Gasteiger partial charge in [0.15, 0.2) is 11.0 Å². The summed E-state index contributed by atoms with van der Waals surface area (Å²) in [7, 11) is 0. The molecule has 0 fully saturated rings. The maximum Gasteiger partial charge on any atom is 0.210 e. The first-order valence-corrected chi connectivity index (χ1v) is 9.40. The van der Waals surface area contributed by atoms with Gasteiger partial charge in [0, 0.05) is 22.2 Å². The zero-order valence-electron chi connectivity index (χ0n) is 13.9. The van der Waals surface area contributed by atoms with Gasteiger partial charge in [0.25, 0.3) is 0 Å². The van der Waals surface area contributed by atoms with Crippen LogP contribution in [0.1, 0.15) is 32.3 Å². The minimum Gasteiger partial charge on any atom is -0.336 e. The SMILES string of the molecule is CC(C)(C)c1nnc(SCc2csc(Nc3ccccc3)n2)n1N. The van der Waals surface area contributed by atoms with E-state index >= 15 is 0 Å². The number of hydrogen-bond acceptors (Lipinski definition) is 7. The zero-order chi connectivity index (χ0) is 17.2. The van der Waals surface area contributed by atoms with Crippen molar-refractivity contribution in [3.63, 3.8) is 0 Å². The minimum atomic E-state index is -0.131. The Labute approximate surface area is 149 Å². The number of thioether (sulfide) groups is 1. The summed E-state index contributed by atoms with van der Waals surface area (Å²) in [6.45, 7) is 6.20. The van der Waals surface area contributed by atoms with E-state index in [-0.39, 0.29) is 5.41 Å². The summed E-state index contributed by atoms with van der Waals surface area (Å²) in [5, 5.41) is 15.3. The molecule has 3 N–H and O–H groups in total. The van der Waals surface area contributed by atoms with Gasteiger partial charge in [-0.3, -0.25) is 0 Å². The van der Waals surface area contributed by atoms with Crippen LogP contribution in [0.3, 0.4) is 0 Å². The lowest BCUT2D eigenvalue weighted by atomic mass is 9.96. The fourth-order valence-corrected chi connectivity index (χ4v) is 3.69. The highest BCUT2D eigenvalue weighted by Gasteiger charge is 2.23. The van der Waals surface area contributed by atoms with Crippen molar-refractivity contribution in [2.24, 2.45) is 0 Å². The van der Waals surface area contributed by atoms with E-state index < -0.39 is 0 Å². The smallest absolute Gasteiger partial charge is 0.210 e. The van der Waals surface area contributed by atoms with Crippen LogP contribution in [0.5, 0.6) is 0 Å². The topological polar surface area (TPSA) is 81.7 Å². The number of benzene rings is 1. The molecule has 3 rings (SSSR count). The fraction of sp³-hybridized carbons (Fsp3) is 0.312. The van der Waals surface area contributed by atoms with E-state index in [2.05, 4.69) is 41.3 Å². The van der Waals surface area contributed by atoms with Gasteiger partial charge in [-0.2, -0.15) is 0 Å². The molecule has 6 nitrogen and oxygen atoms in total. The second-order valence-electron chi connectivity index (χ2n) is 6.35. The van der Waals surface area contributed by atoms with Gasteiger partial charge in [0.05, 0.1) is 5.69 Å². The number of nitrogens with zero attached hydrogens (tertiary/aromatic N) is 4. The lowest BCUT2D eigenvalue weighted by molar-refractivity contribution is 0.523. The average molecular weight is 361 g/mol. The molecule has 0 spiro atoms. The van der Waals surface area contributed by atoms with Crippen molar-refractivity contribution in [1.82, 2.24) is 19.9 Å². The molecule has 2 heterocycles. The molecule has 3 aromatic rings. The molecule has 1 aromatic carbocycles. The third kappa shape index (κ3) is 3.88. The summed E-state index contributed by atoms with van der Waals surface area (Å²) in [4.78, 5) is 4.59. The first kappa shape index (κ1) is 16.8. The largest absolute Gasteiger partial charge is 0.336 e. The second-order valence-corrected chi connectivity index (χ2v) is 8.15. The molecule has 0 amide bonds. The molecular formula is C16H20N6S2. The predicted octanol–water partition coefficient (Wildman–Crippen LogP) is 3.78. The Kier molecular flexibility index (Phi) is 4.77. The Morgan fingerprint density at radius 2 is 1.96 bits per heavy atom. The number of aromatic nitrogens is 4. The maximum absolute atomic E-state index is 6.10. The number of thiazole rings is 1. The van der Waals surface area contributed by atoms with Gasteiger partial charge < -0.3 is 11.2 Å². The first-order chi connectivity index (χ1) is 11.4. The van der Waals surface area contributed by atoms with Crippen LogP contribution in [-0.2, 0) is 11.2 Å². The van der Waals surface area contributed by atoms with Crippen molar-refractivity contribution >= 4 is 33.9 Å². The summed E-state index contributed by atoms with van der Waals surface area (Å²) in [6, 6.07) is 10.0. The summed E-state index contributed by atoms with van der Waals surface area (Å²) in [6.07, 6.45) is 0. The van der Waals surface area contributed by atoms with Gasteiger partial charge in [-0.05, 0) is 12.1 Å². The van der Waals surface area contributed by atoms with Gasteiger partial charge in [-0.25, -0.2) is 9.66 Å². The minimum absolute atomic E-state index is 0.131. The van der Waals surface area contributed by atoms with Crippen molar-refractivity contribution in [2.75, 3.05) is 11.2 Å². The number of anilines is 2. The van der Waals surface area contributed by atoms with Gasteiger partial charge >= 0.3 is 0 Å². The van der Waals surface area contributed by atoms with Crippen molar-refractivity contribution in [1.29, 1.82) is 0 Å². The lowest BCUT2D eigenvalue weighted by Gasteiger charge is -2.16. The standard InChI is InChI=1S/C16H20N6S2/c1-16(2,3)13-20-21-15(22(13)17)24-10-12-9-23-14(19-12)18-11-7-5-4-6-8-11/h4-9H,10,17H2,1-3H3,(H,18,19). The number of nitrogen functional groups attached to an aromatic ring is 1. The molecule has 0 radical (unpaired) electrons. The van der Waals surface area contributed by atoms with Crippen molar-refractivity contribution < 1.29 is 0 Å². The first-order valence-electron chi connectivity index (χ1n) is 7.54. The Morgan fingerprint density at radius 1 is 1.21 bits per heavy atom. The van der Waals surface area contributed by atoms with E-state index in [1.165, 1.54) is 11.8 Å². The Morgan fingerprint density at radius 3 is 2.62 bits per heavy atom. The Hall–Kier alpha value is -2.06. The normalized spacial score (nSPS) is 11.6. The molecule has 0 aliphatic heterocycles. The van der Waals surface area contributed by atoms with Crippen molar-refractivity contribution in [3.8, 4) is 0 Å². The quantitative estimate of drug-likeness (QED) is 0.532. The molecule has 0 saturated heterocycles. The molecule has 24 heavy (non-hydrogen) atoms. The highest BCUT2D eigenvalue weighted by Crippen LogP contribution is 2.27. The van der Waals surface area contributed by atoms with Crippen LogP contribution in [0.15, 0.2) is 40.9 Å². The van der Waals surface area contributed by atoms with Crippen LogP contribution in [0.4, 0.5) is 10.8 Å². The number of nitrogens with one attached hydrogen (secondary N) is 1. The molecule has 0 saturated carbocycles. The number of para-hydroxylation sites is 1. The van der Waals surface area contributed by atoms with Gasteiger partial charge in [-0.1, -0.05) is 50.7 Å². The summed E-state index contributed by atoms with van der Waals surface area (Å²) < 4.78 is 1.57. The monoisotopic (exact) mass is 360 g/mol. The molecule has 0 aliphatic rings. The molecule has 0 unspecified atom stereocenters. The Balaban J connectivity index is 1.63. The van der Waals surface area contributed by atoms with Crippen molar-refractivity contribution in [3.05, 3.63) is 47.2 Å². The zero-order valence-corrected chi connectivity index (χ0v) is 15.5. The predicted molar refractivity (Wildman–Crippen MR) is 100 cm³/mol. The van der Waals surface area contributed by atoms with Crippen LogP contribution >= 0.6 is 23.1 Å². The number of nitrogens with two attached hydrogens (primary N) is 1. The molecule has 2 aromatic heterocycles. The molecule has 0 bridgehead atoms. The van der Waals surface area contributed by atoms with E-state index in [1.807, 2.05) is 35.7 Å². The highest BCUT2D eigenvalue weighted by atomic mass is 32.2. The average Bonchev–Trinajstić information content (AvgIpc) is 3.12. The van der Waals surface area contributed by atoms with E-state index in [4.69, 9.17) is 5.84 Å². The van der Waals surface area contributed by atoms with Crippen LogP contribution < -0.4 is 11.2 Å². The van der Waals surface area contributed by atoms with E-state index in [0.29, 0.717) is 10.9 Å². The van der Waals surface area contributed by atoms with Gasteiger partial charge in [0.2, 0.25) is 5.16 Å². The fourth-order valence-electron chi connectivity index (χ4n) is 2.10. The maximum atomic E-state index is 6.10. The molecule has 8 heteroatoms. The van der Waals surface area contributed by atoms with Crippen LogP contribution in [-0.4, -0.2) is 19.9 Å². The lowest BCUT2D eigenvalue weighted by Crippen LogP contribution is -2.24. The summed E-state index contributed by atoms with van der Waals surface area (Å²) in [5.74, 6) is 7.58. The van der Waals surface area contributed by atoms with Gasteiger partial charge in [-0.15, -0.1) is 21.5 Å².